The molecule has 2 N–H and O–H groups in total. The summed E-state index contributed by atoms with van der Waals surface area (Å²) in [6.07, 6.45) is 4.97. The van der Waals surface area contributed by atoms with Gasteiger partial charge < -0.3 is 10.4 Å². The van der Waals surface area contributed by atoms with Crippen molar-refractivity contribution in [1.82, 2.24) is 5.32 Å². The van der Waals surface area contributed by atoms with E-state index in [4.69, 9.17) is 0 Å². The van der Waals surface area contributed by atoms with Crippen LogP contribution in [0.5, 0.6) is 0 Å². The van der Waals surface area contributed by atoms with Crippen LogP contribution < -0.4 is 5.32 Å². The van der Waals surface area contributed by atoms with Crippen LogP contribution in [0, 0.1) is 5.92 Å². The average Bonchev–Trinajstić information content (AvgIpc) is 2.86. The second-order valence-electron chi connectivity index (χ2n) is 5.79. The number of benzene rings is 1. The quantitative estimate of drug-likeness (QED) is 0.838. The molecule has 1 aromatic carbocycles. The van der Waals surface area contributed by atoms with E-state index in [1.807, 2.05) is 18.2 Å². The molecule has 1 aliphatic rings. The van der Waals surface area contributed by atoms with Crippen molar-refractivity contribution in [2.45, 2.75) is 57.6 Å². The molecule has 110 valence electrons. The van der Waals surface area contributed by atoms with E-state index < -0.39 is 6.10 Å². The molecule has 1 aromatic rings. The molecule has 0 radical (unpaired) electrons. The highest BCUT2D eigenvalue weighted by molar-refractivity contribution is 5.79. The highest BCUT2D eigenvalue weighted by Gasteiger charge is 2.32. The smallest absolute Gasteiger partial charge is 0.225 e. The number of aliphatic hydroxyl groups is 1. The number of aliphatic hydroxyl groups excluding tert-OH is 1. The maximum atomic E-state index is 12.3. The summed E-state index contributed by atoms with van der Waals surface area (Å²) in [6, 6.07) is 10.4. The van der Waals surface area contributed by atoms with Crippen LogP contribution in [0.2, 0.25) is 0 Å². The summed E-state index contributed by atoms with van der Waals surface area (Å²) >= 11 is 0. The standard InChI is InChI=1S/C17H25NO2/c1-2-7-14(12-13-8-4-3-5-9-13)18-17(20)15-10-6-11-16(15)19/h3-5,8-9,14-16,19H,2,6-7,10-12H2,1H3,(H,18,20). The van der Waals surface area contributed by atoms with E-state index in [9.17, 15) is 9.90 Å². The Morgan fingerprint density at radius 1 is 1.35 bits per heavy atom. The van der Waals surface area contributed by atoms with Crippen molar-refractivity contribution >= 4 is 5.91 Å². The van der Waals surface area contributed by atoms with E-state index >= 15 is 0 Å². The third-order valence-corrected chi connectivity index (χ3v) is 4.12. The third kappa shape index (κ3) is 4.07. The van der Waals surface area contributed by atoms with Crippen LogP contribution in [-0.2, 0) is 11.2 Å². The first kappa shape index (κ1) is 15.0. The predicted octanol–water partition coefficient (Wildman–Crippen LogP) is 2.68. The number of nitrogens with one attached hydrogen (secondary N) is 1. The first-order valence-electron chi connectivity index (χ1n) is 7.73. The van der Waals surface area contributed by atoms with E-state index in [1.54, 1.807) is 0 Å². The Balaban J connectivity index is 1.93. The van der Waals surface area contributed by atoms with E-state index in [-0.39, 0.29) is 17.9 Å². The molecule has 3 unspecified atom stereocenters. The SMILES string of the molecule is CCCC(Cc1ccccc1)NC(=O)C1CCCC1O. The monoisotopic (exact) mass is 275 g/mol. The van der Waals surface area contributed by atoms with Gasteiger partial charge in [-0.2, -0.15) is 0 Å². The number of hydrogen-bond acceptors (Lipinski definition) is 2. The van der Waals surface area contributed by atoms with Gasteiger partial charge in [0.2, 0.25) is 5.91 Å². The first-order chi connectivity index (χ1) is 9.70. The Morgan fingerprint density at radius 2 is 2.10 bits per heavy atom. The molecule has 3 atom stereocenters. The second-order valence-corrected chi connectivity index (χ2v) is 5.79. The van der Waals surface area contributed by atoms with Crippen molar-refractivity contribution in [3.05, 3.63) is 35.9 Å². The number of carbonyl (C=O) groups excluding carboxylic acids is 1. The summed E-state index contributed by atoms with van der Waals surface area (Å²) in [4.78, 5) is 12.3. The normalized spacial score (nSPS) is 23.5. The largest absolute Gasteiger partial charge is 0.392 e. The molecule has 0 heterocycles. The van der Waals surface area contributed by atoms with Gasteiger partial charge in [0, 0.05) is 6.04 Å². The van der Waals surface area contributed by atoms with E-state index in [2.05, 4.69) is 24.4 Å². The molecule has 2 rings (SSSR count). The van der Waals surface area contributed by atoms with Crippen molar-refractivity contribution in [2.75, 3.05) is 0 Å². The van der Waals surface area contributed by atoms with Gasteiger partial charge >= 0.3 is 0 Å². The molecular formula is C17H25NO2. The lowest BCUT2D eigenvalue weighted by atomic mass is 9.99. The van der Waals surface area contributed by atoms with Crippen LogP contribution in [0.15, 0.2) is 30.3 Å². The summed E-state index contributed by atoms with van der Waals surface area (Å²) in [7, 11) is 0. The van der Waals surface area contributed by atoms with Crippen LogP contribution in [0.25, 0.3) is 0 Å². The topological polar surface area (TPSA) is 49.3 Å². The lowest BCUT2D eigenvalue weighted by Gasteiger charge is -2.22. The van der Waals surface area contributed by atoms with Crippen LogP contribution in [0.3, 0.4) is 0 Å². The van der Waals surface area contributed by atoms with Gasteiger partial charge in [-0.25, -0.2) is 0 Å². The summed E-state index contributed by atoms with van der Waals surface area (Å²) in [5, 5.41) is 13.0. The molecule has 1 fully saturated rings. The van der Waals surface area contributed by atoms with Crippen LogP contribution in [-0.4, -0.2) is 23.2 Å². The summed E-state index contributed by atoms with van der Waals surface area (Å²) < 4.78 is 0. The van der Waals surface area contributed by atoms with Gasteiger partial charge in [-0.15, -0.1) is 0 Å². The molecule has 20 heavy (non-hydrogen) atoms. The molecule has 0 bridgehead atoms. The molecule has 1 amide bonds. The maximum Gasteiger partial charge on any atom is 0.225 e. The van der Waals surface area contributed by atoms with E-state index in [0.29, 0.717) is 0 Å². The molecular weight excluding hydrogens is 250 g/mol. The average molecular weight is 275 g/mol. The van der Waals surface area contributed by atoms with Gasteiger partial charge in [0.1, 0.15) is 0 Å². The van der Waals surface area contributed by atoms with Gasteiger partial charge in [0.15, 0.2) is 0 Å². The minimum Gasteiger partial charge on any atom is -0.392 e. The second kappa shape index (κ2) is 7.44. The van der Waals surface area contributed by atoms with Crippen LogP contribution in [0.1, 0.15) is 44.6 Å². The number of rotatable bonds is 6. The zero-order valence-corrected chi connectivity index (χ0v) is 12.2. The Labute approximate surface area is 121 Å². The number of hydrogen-bond donors (Lipinski definition) is 2. The number of amides is 1. The molecule has 1 saturated carbocycles. The Kier molecular flexibility index (Phi) is 5.60. The van der Waals surface area contributed by atoms with Crippen LogP contribution in [0.4, 0.5) is 0 Å². The molecule has 0 saturated heterocycles. The Morgan fingerprint density at radius 3 is 2.70 bits per heavy atom. The van der Waals surface area contributed by atoms with Gasteiger partial charge in [0.25, 0.3) is 0 Å². The third-order valence-electron chi connectivity index (χ3n) is 4.12. The van der Waals surface area contributed by atoms with Gasteiger partial charge in [-0.1, -0.05) is 43.7 Å². The zero-order valence-electron chi connectivity index (χ0n) is 12.2. The Bertz CT molecular complexity index is 418. The fraction of sp³-hybridized carbons (Fsp3) is 0.588. The summed E-state index contributed by atoms with van der Waals surface area (Å²) in [5.74, 6) is -0.172. The van der Waals surface area contributed by atoms with Crippen molar-refractivity contribution in [3.8, 4) is 0 Å². The van der Waals surface area contributed by atoms with Crippen molar-refractivity contribution in [3.63, 3.8) is 0 Å². The van der Waals surface area contributed by atoms with Gasteiger partial charge in [-0.3, -0.25) is 4.79 Å². The molecule has 3 nitrogen and oxygen atoms in total. The van der Waals surface area contributed by atoms with Crippen molar-refractivity contribution < 1.29 is 9.90 Å². The van der Waals surface area contributed by atoms with Crippen LogP contribution >= 0.6 is 0 Å². The molecule has 1 aliphatic carbocycles. The van der Waals surface area contributed by atoms with E-state index in [1.165, 1.54) is 5.56 Å². The predicted molar refractivity (Wildman–Crippen MR) is 80.3 cm³/mol. The first-order valence-corrected chi connectivity index (χ1v) is 7.73. The highest BCUT2D eigenvalue weighted by atomic mass is 16.3. The molecule has 0 aromatic heterocycles. The maximum absolute atomic E-state index is 12.3. The van der Waals surface area contributed by atoms with Crippen molar-refractivity contribution in [1.29, 1.82) is 0 Å². The summed E-state index contributed by atoms with van der Waals surface area (Å²) in [6.45, 7) is 2.13. The molecule has 0 spiro atoms. The van der Waals surface area contributed by atoms with E-state index in [0.717, 1.165) is 38.5 Å². The number of carbonyl (C=O) groups is 1. The fourth-order valence-electron chi connectivity index (χ4n) is 3.03. The van der Waals surface area contributed by atoms with Gasteiger partial charge in [-0.05, 0) is 37.7 Å². The molecule has 3 heteroatoms. The molecule has 0 aliphatic heterocycles. The lowest BCUT2D eigenvalue weighted by Crippen LogP contribution is -2.42. The Hall–Kier alpha value is -1.35. The van der Waals surface area contributed by atoms with Crippen molar-refractivity contribution in [2.24, 2.45) is 5.92 Å². The lowest BCUT2D eigenvalue weighted by molar-refractivity contribution is -0.128. The fourth-order valence-corrected chi connectivity index (χ4v) is 3.03. The minimum absolute atomic E-state index is 0.0318. The highest BCUT2D eigenvalue weighted by Crippen LogP contribution is 2.25. The van der Waals surface area contributed by atoms with Gasteiger partial charge in [0.05, 0.1) is 12.0 Å². The minimum atomic E-state index is -0.450. The summed E-state index contributed by atoms with van der Waals surface area (Å²) in [5.41, 5.74) is 1.25. The zero-order chi connectivity index (χ0) is 14.4.